The van der Waals surface area contributed by atoms with Crippen LogP contribution in [0.3, 0.4) is 0 Å². The van der Waals surface area contributed by atoms with Crippen LogP contribution in [0.4, 0.5) is 0 Å². The summed E-state index contributed by atoms with van der Waals surface area (Å²) in [6, 6.07) is 5.63. The topological polar surface area (TPSA) is 50.9 Å². The van der Waals surface area contributed by atoms with Crippen molar-refractivity contribution in [3.05, 3.63) is 40.4 Å². The van der Waals surface area contributed by atoms with Crippen LogP contribution in [0.2, 0.25) is 5.02 Å². The summed E-state index contributed by atoms with van der Waals surface area (Å²) in [6.07, 6.45) is -0.682. The molecule has 0 unspecified atom stereocenters. The highest BCUT2D eigenvalue weighted by molar-refractivity contribution is 6.31. The lowest BCUT2D eigenvalue weighted by atomic mass is 10.2. The number of aromatic nitrogens is 3. The fourth-order valence-corrected chi connectivity index (χ4v) is 2.03. The van der Waals surface area contributed by atoms with Gasteiger partial charge in [0.1, 0.15) is 6.10 Å². The number of benzene rings is 1. The summed E-state index contributed by atoms with van der Waals surface area (Å²) in [5.41, 5.74) is 1.77. The molecule has 0 aliphatic carbocycles. The number of hydrogen-bond donors (Lipinski definition) is 1. The smallest absolute Gasteiger partial charge is 0.160 e. The third-order valence-corrected chi connectivity index (χ3v) is 3.42. The minimum absolute atomic E-state index is 0.207. The molecule has 1 atom stereocenters. The van der Waals surface area contributed by atoms with E-state index in [0.717, 1.165) is 17.1 Å². The van der Waals surface area contributed by atoms with E-state index in [-0.39, 0.29) is 5.92 Å². The standard InChI is InChI=1S/C14H18ClN3O/c1-8(2)13-16-14(10(4)19)18(17-13)12-7-5-6-11(15)9(12)3/h5-8,10,19H,1-4H3/t10-/m1/s1. The molecule has 0 amide bonds. The first-order valence-electron chi connectivity index (χ1n) is 6.32. The Balaban J connectivity index is 2.63. The van der Waals surface area contributed by atoms with Gasteiger partial charge in [0.15, 0.2) is 11.6 Å². The maximum atomic E-state index is 9.86. The summed E-state index contributed by atoms with van der Waals surface area (Å²) >= 11 is 6.14. The third kappa shape index (κ3) is 2.65. The molecule has 0 saturated heterocycles. The van der Waals surface area contributed by atoms with Gasteiger partial charge in [-0.05, 0) is 31.5 Å². The fraction of sp³-hybridized carbons (Fsp3) is 0.429. The van der Waals surface area contributed by atoms with Crippen LogP contribution in [0, 0.1) is 6.92 Å². The highest BCUT2D eigenvalue weighted by Crippen LogP contribution is 2.25. The van der Waals surface area contributed by atoms with Crippen LogP contribution in [0.25, 0.3) is 5.69 Å². The van der Waals surface area contributed by atoms with E-state index in [1.54, 1.807) is 11.6 Å². The molecule has 1 N–H and O–H groups in total. The molecule has 5 heteroatoms. The zero-order valence-corrected chi connectivity index (χ0v) is 12.3. The zero-order valence-electron chi connectivity index (χ0n) is 11.6. The van der Waals surface area contributed by atoms with Crippen LogP contribution in [-0.4, -0.2) is 19.9 Å². The van der Waals surface area contributed by atoms with E-state index in [4.69, 9.17) is 11.6 Å². The second-order valence-corrected chi connectivity index (χ2v) is 5.36. The number of hydrogen-bond acceptors (Lipinski definition) is 3. The Bertz CT molecular complexity index is 590. The molecule has 0 saturated carbocycles. The SMILES string of the molecule is Cc1c(Cl)cccc1-n1nc(C(C)C)nc1[C@@H](C)O. The molecule has 0 spiro atoms. The summed E-state index contributed by atoms with van der Waals surface area (Å²) in [5, 5.41) is 15.0. The van der Waals surface area contributed by atoms with Crippen molar-refractivity contribution in [1.29, 1.82) is 0 Å². The van der Waals surface area contributed by atoms with Gasteiger partial charge in [0, 0.05) is 10.9 Å². The Hall–Kier alpha value is -1.39. The number of halogens is 1. The number of nitrogens with zero attached hydrogens (tertiary/aromatic N) is 3. The lowest BCUT2D eigenvalue weighted by Gasteiger charge is -2.11. The van der Waals surface area contributed by atoms with Crippen molar-refractivity contribution in [3.8, 4) is 5.69 Å². The molecule has 0 fully saturated rings. The molecule has 1 aromatic heterocycles. The van der Waals surface area contributed by atoms with Crippen LogP contribution in [0.15, 0.2) is 18.2 Å². The summed E-state index contributed by atoms with van der Waals surface area (Å²) in [4.78, 5) is 4.42. The second kappa shape index (κ2) is 5.31. The van der Waals surface area contributed by atoms with E-state index in [1.807, 2.05) is 39.0 Å². The van der Waals surface area contributed by atoms with Crippen molar-refractivity contribution >= 4 is 11.6 Å². The molecule has 1 aromatic carbocycles. The molecule has 0 bridgehead atoms. The first-order chi connectivity index (χ1) is 8.91. The quantitative estimate of drug-likeness (QED) is 0.937. The van der Waals surface area contributed by atoms with Crippen LogP contribution in [0.5, 0.6) is 0 Å². The molecule has 102 valence electrons. The molecule has 0 aliphatic heterocycles. The van der Waals surface area contributed by atoms with E-state index in [1.165, 1.54) is 0 Å². The molecule has 0 radical (unpaired) electrons. The third-order valence-electron chi connectivity index (χ3n) is 3.01. The van der Waals surface area contributed by atoms with Crippen LogP contribution in [0.1, 0.15) is 50.0 Å². The van der Waals surface area contributed by atoms with E-state index < -0.39 is 6.10 Å². The van der Waals surface area contributed by atoms with Crippen LogP contribution < -0.4 is 0 Å². The zero-order chi connectivity index (χ0) is 14.2. The Morgan fingerprint density at radius 1 is 1.26 bits per heavy atom. The molecule has 0 aliphatic rings. The normalized spacial score (nSPS) is 13.0. The molecule has 2 aromatic rings. The Morgan fingerprint density at radius 3 is 2.53 bits per heavy atom. The van der Waals surface area contributed by atoms with Gasteiger partial charge in [-0.2, -0.15) is 5.10 Å². The van der Waals surface area contributed by atoms with Gasteiger partial charge in [-0.3, -0.25) is 0 Å². The first-order valence-corrected chi connectivity index (χ1v) is 6.70. The minimum atomic E-state index is -0.682. The van der Waals surface area contributed by atoms with Gasteiger partial charge in [0.05, 0.1) is 5.69 Å². The molecule has 2 rings (SSSR count). The summed E-state index contributed by atoms with van der Waals surface area (Å²) in [6.45, 7) is 7.66. The number of aliphatic hydroxyl groups is 1. The van der Waals surface area contributed by atoms with Crippen molar-refractivity contribution in [2.45, 2.75) is 39.7 Å². The van der Waals surface area contributed by atoms with Crippen molar-refractivity contribution in [1.82, 2.24) is 14.8 Å². The molecule has 4 nitrogen and oxygen atoms in total. The van der Waals surface area contributed by atoms with Crippen LogP contribution >= 0.6 is 11.6 Å². The highest BCUT2D eigenvalue weighted by Gasteiger charge is 2.18. The Labute approximate surface area is 118 Å². The summed E-state index contributed by atoms with van der Waals surface area (Å²) in [5.74, 6) is 1.46. The second-order valence-electron chi connectivity index (χ2n) is 4.95. The fourth-order valence-electron chi connectivity index (χ4n) is 1.86. The largest absolute Gasteiger partial charge is 0.385 e. The van der Waals surface area contributed by atoms with E-state index >= 15 is 0 Å². The van der Waals surface area contributed by atoms with Gasteiger partial charge in [-0.25, -0.2) is 9.67 Å². The monoisotopic (exact) mass is 279 g/mol. The van der Waals surface area contributed by atoms with E-state index in [9.17, 15) is 5.11 Å². The van der Waals surface area contributed by atoms with Crippen molar-refractivity contribution in [2.24, 2.45) is 0 Å². The average Bonchev–Trinajstić information content (AvgIpc) is 2.77. The van der Waals surface area contributed by atoms with Crippen LogP contribution in [-0.2, 0) is 0 Å². The predicted molar refractivity (Wildman–Crippen MR) is 75.8 cm³/mol. The van der Waals surface area contributed by atoms with Gasteiger partial charge < -0.3 is 5.11 Å². The first kappa shape index (κ1) is 14.0. The van der Waals surface area contributed by atoms with E-state index in [0.29, 0.717) is 10.8 Å². The lowest BCUT2D eigenvalue weighted by molar-refractivity contribution is 0.186. The summed E-state index contributed by atoms with van der Waals surface area (Å²) in [7, 11) is 0. The lowest BCUT2D eigenvalue weighted by Crippen LogP contribution is -2.07. The molecule has 19 heavy (non-hydrogen) atoms. The van der Waals surface area contributed by atoms with Gasteiger partial charge in [-0.1, -0.05) is 31.5 Å². The molecular weight excluding hydrogens is 262 g/mol. The Morgan fingerprint density at radius 2 is 1.95 bits per heavy atom. The van der Waals surface area contributed by atoms with Crippen molar-refractivity contribution in [3.63, 3.8) is 0 Å². The van der Waals surface area contributed by atoms with Gasteiger partial charge in [-0.15, -0.1) is 0 Å². The Kier molecular flexibility index (Phi) is 3.92. The maximum Gasteiger partial charge on any atom is 0.160 e. The maximum absolute atomic E-state index is 9.86. The summed E-state index contributed by atoms with van der Waals surface area (Å²) < 4.78 is 1.68. The van der Waals surface area contributed by atoms with Crippen molar-refractivity contribution in [2.75, 3.05) is 0 Å². The molecule has 1 heterocycles. The van der Waals surface area contributed by atoms with Crippen molar-refractivity contribution < 1.29 is 5.11 Å². The van der Waals surface area contributed by atoms with E-state index in [2.05, 4.69) is 10.1 Å². The predicted octanol–water partition coefficient (Wildman–Crippen LogP) is 3.41. The van der Waals surface area contributed by atoms with Gasteiger partial charge in [0.2, 0.25) is 0 Å². The average molecular weight is 280 g/mol. The number of rotatable bonds is 3. The van der Waals surface area contributed by atoms with Gasteiger partial charge in [0.25, 0.3) is 0 Å². The van der Waals surface area contributed by atoms with Gasteiger partial charge >= 0.3 is 0 Å². The highest BCUT2D eigenvalue weighted by atomic mass is 35.5. The minimum Gasteiger partial charge on any atom is -0.385 e. The number of aliphatic hydroxyl groups excluding tert-OH is 1. The molecular formula is C14H18ClN3O.